The Morgan fingerprint density at radius 2 is 2.21 bits per heavy atom. The van der Waals surface area contributed by atoms with E-state index < -0.39 is 0 Å². The highest BCUT2D eigenvalue weighted by molar-refractivity contribution is 7.71. The van der Waals surface area contributed by atoms with Gasteiger partial charge in [-0.3, -0.25) is 0 Å². The molecule has 1 heterocycles. The van der Waals surface area contributed by atoms with Crippen molar-refractivity contribution in [1.82, 2.24) is 9.97 Å². The van der Waals surface area contributed by atoms with Gasteiger partial charge in [0.05, 0.1) is 0 Å². The summed E-state index contributed by atoms with van der Waals surface area (Å²) in [6, 6.07) is 0. The zero-order chi connectivity index (χ0) is 10.1. The van der Waals surface area contributed by atoms with Gasteiger partial charge in [0, 0.05) is 17.7 Å². The minimum atomic E-state index is 0.791. The molecule has 76 valence electrons. The first-order chi connectivity index (χ1) is 6.70. The van der Waals surface area contributed by atoms with E-state index in [0.717, 1.165) is 29.2 Å². The van der Waals surface area contributed by atoms with E-state index in [1.54, 1.807) is 0 Å². The van der Waals surface area contributed by atoms with E-state index in [4.69, 9.17) is 12.2 Å². The summed E-state index contributed by atoms with van der Waals surface area (Å²) in [7, 11) is 0. The molecule has 2 nitrogen and oxygen atoms in total. The van der Waals surface area contributed by atoms with Crippen LogP contribution in [0.1, 0.15) is 36.8 Å². The highest BCUT2D eigenvalue weighted by atomic mass is 32.1. The Bertz CT molecular complexity index is 391. The number of aryl methyl sites for hydroxylation is 1. The molecule has 0 radical (unpaired) electrons. The molecule has 0 saturated heterocycles. The van der Waals surface area contributed by atoms with Crippen molar-refractivity contribution < 1.29 is 0 Å². The average Bonchev–Trinajstić information content (AvgIpc) is 2.87. The first-order valence-electron chi connectivity index (χ1n) is 5.29. The number of hydrogen-bond donors (Lipinski definition) is 1. The van der Waals surface area contributed by atoms with Crippen LogP contribution in [-0.4, -0.2) is 9.97 Å². The summed E-state index contributed by atoms with van der Waals surface area (Å²) < 4.78 is 0.791. The molecule has 14 heavy (non-hydrogen) atoms. The van der Waals surface area contributed by atoms with E-state index in [9.17, 15) is 0 Å². The number of aromatic nitrogens is 2. The van der Waals surface area contributed by atoms with Crippen LogP contribution in [0.25, 0.3) is 0 Å². The Morgan fingerprint density at radius 3 is 2.71 bits per heavy atom. The standard InChI is InChI=1S/C11H16N2S/c1-3-9-7(2)12-10(13-11(9)14)6-8-4-5-8/h8H,3-6H2,1-2H3,(H,12,13,14). The molecule has 0 aromatic carbocycles. The molecule has 2 rings (SSSR count). The Labute approximate surface area is 89.8 Å². The van der Waals surface area contributed by atoms with Gasteiger partial charge in [0.25, 0.3) is 0 Å². The topological polar surface area (TPSA) is 28.7 Å². The maximum Gasteiger partial charge on any atom is 0.133 e. The number of nitrogens with zero attached hydrogens (tertiary/aromatic N) is 1. The van der Waals surface area contributed by atoms with Crippen molar-refractivity contribution in [2.75, 3.05) is 0 Å². The maximum absolute atomic E-state index is 5.27. The second-order valence-corrected chi connectivity index (χ2v) is 4.48. The largest absolute Gasteiger partial charge is 0.347 e. The first kappa shape index (κ1) is 9.84. The van der Waals surface area contributed by atoms with Gasteiger partial charge < -0.3 is 4.98 Å². The first-order valence-corrected chi connectivity index (χ1v) is 5.70. The highest BCUT2D eigenvalue weighted by Crippen LogP contribution is 2.31. The highest BCUT2D eigenvalue weighted by Gasteiger charge is 2.22. The molecule has 0 spiro atoms. The molecule has 3 heteroatoms. The van der Waals surface area contributed by atoms with Gasteiger partial charge >= 0.3 is 0 Å². The summed E-state index contributed by atoms with van der Waals surface area (Å²) in [6.45, 7) is 4.21. The lowest BCUT2D eigenvalue weighted by Crippen LogP contribution is -2.03. The van der Waals surface area contributed by atoms with Gasteiger partial charge in [-0.05, 0) is 32.1 Å². The molecule has 0 unspecified atom stereocenters. The summed E-state index contributed by atoms with van der Waals surface area (Å²) in [5, 5.41) is 0. The number of hydrogen-bond acceptors (Lipinski definition) is 2. The molecule has 0 atom stereocenters. The van der Waals surface area contributed by atoms with Crippen LogP contribution in [0.5, 0.6) is 0 Å². The lowest BCUT2D eigenvalue weighted by Gasteiger charge is -2.06. The van der Waals surface area contributed by atoms with Crippen LogP contribution in [-0.2, 0) is 12.8 Å². The monoisotopic (exact) mass is 208 g/mol. The van der Waals surface area contributed by atoms with Gasteiger partial charge in [-0.1, -0.05) is 19.1 Å². The van der Waals surface area contributed by atoms with Crippen molar-refractivity contribution in [3.63, 3.8) is 0 Å². The number of nitrogens with one attached hydrogen (secondary N) is 1. The number of rotatable bonds is 3. The maximum atomic E-state index is 5.27. The predicted molar refractivity (Wildman–Crippen MR) is 60.0 cm³/mol. The van der Waals surface area contributed by atoms with Crippen LogP contribution in [0.2, 0.25) is 0 Å². The molecule has 1 fully saturated rings. The van der Waals surface area contributed by atoms with Crippen LogP contribution >= 0.6 is 12.2 Å². The second kappa shape index (κ2) is 3.81. The van der Waals surface area contributed by atoms with Gasteiger partial charge in [0.15, 0.2) is 0 Å². The van der Waals surface area contributed by atoms with Crippen LogP contribution in [0.15, 0.2) is 0 Å². The molecule has 1 N–H and O–H groups in total. The fraction of sp³-hybridized carbons (Fsp3) is 0.636. The summed E-state index contributed by atoms with van der Waals surface area (Å²) in [5.41, 5.74) is 2.39. The SMILES string of the molecule is CCc1c(C)[nH]c(CC2CC2)nc1=S. The molecule has 0 aliphatic heterocycles. The van der Waals surface area contributed by atoms with Crippen molar-refractivity contribution in [3.8, 4) is 0 Å². The quantitative estimate of drug-likeness (QED) is 0.774. The minimum Gasteiger partial charge on any atom is -0.347 e. The van der Waals surface area contributed by atoms with Gasteiger partial charge in [0.1, 0.15) is 10.5 Å². The third kappa shape index (κ3) is 2.03. The molecular weight excluding hydrogens is 192 g/mol. The molecule has 1 aromatic heterocycles. The third-order valence-corrected chi connectivity index (χ3v) is 3.15. The lowest BCUT2D eigenvalue weighted by molar-refractivity contribution is 0.754. The Hall–Kier alpha value is -0.700. The van der Waals surface area contributed by atoms with Gasteiger partial charge in [-0.15, -0.1) is 0 Å². The fourth-order valence-electron chi connectivity index (χ4n) is 1.78. The minimum absolute atomic E-state index is 0.791. The Morgan fingerprint density at radius 1 is 1.50 bits per heavy atom. The van der Waals surface area contributed by atoms with Crippen molar-refractivity contribution in [2.45, 2.75) is 39.5 Å². The van der Waals surface area contributed by atoms with Crippen LogP contribution in [0.3, 0.4) is 0 Å². The smallest absolute Gasteiger partial charge is 0.133 e. The zero-order valence-corrected chi connectivity index (χ0v) is 9.58. The average molecular weight is 208 g/mol. The third-order valence-electron chi connectivity index (χ3n) is 2.81. The molecule has 1 saturated carbocycles. The Balaban J connectivity index is 2.30. The summed E-state index contributed by atoms with van der Waals surface area (Å²) >= 11 is 5.27. The van der Waals surface area contributed by atoms with E-state index in [0.29, 0.717) is 0 Å². The fourth-order valence-corrected chi connectivity index (χ4v) is 2.19. The van der Waals surface area contributed by atoms with E-state index in [1.807, 2.05) is 0 Å². The normalized spacial score (nSPS) is 15.9. The molecular formula is C11H16N2S. The van der Waals surface area contributed by atoms with Gasteiger partial charge in [-0.25, -0.2) is 4.98 Å². The Kier molecular flexibility index (Phi) is 2.68. The molecule has 0 amide bonds. The summed E-state index contributed by atoms with van der Waals surface area (Å²) in [4.78, 5) is 7.81. The van der Waals surface area contributed by atoms with Crippen LogP contribution < -0.4 is 0 Å². The van der Waals surface area contributed by atoms with E-state index in [2.05, 4.69) is 23.8 Å². The van der Waals surface area contributed by atoms with Crippen molar-refractivity contribution in [3.05, 3.63) is 21.7 Å². The number of aromatic amines is 1. The molecule has 1 aliphatic rings. The number of H-pyrrole nitrogens is 1. The van der Waals surface area contributed by atoms with E-state index >= 15 is 0 Å². The molecule has 1 aromatic rings. The lowest BCUT2D eigenvalue weighted by atomic mass is 10.2. The predicted octanol–water partition coefficient (Wildman–Crippen LogP) is 2.96. The van der Waals surface area contributed by atoms with Crippen molar-refractivity contribution in [1.29, 1.82) is 0 Å². The summed E-state index contributed by atoms with van der Waals surface area (Å²) in [5.74, 6) is 1.94. The van der Waals surface area contributed by atoms with Crippen LogP contribution in [0, 0.1) is 17.5 Å². The van der Waals surface area contributed by atoms with E-state index in [1.165, 1.54) is 24.1 Å². The van der Waals surface area contributed by atoms with Gasteiger partial charge in [-0.2, -0.15) is 0 Å². The zero-order valence-electron chi connectivity index (χ0n) is 8.76. The second-order valence-electron chi connectivity index (χ2n) is 4.09. The molecule has 1 aliphatic carbocycles. The van der Waals surface area contributed by atoms with Crippen molar-refractivity contribution >= 4 is 12.2 Å². The van der Waals surface area contributed by atoms with E-state index in [-0.39, 0.29) is 0 Å². The summed E-state index contributed by atoms with van der Waals surface area (Å²) in [6.07, 6.45) is 4.76. The van der Waals surface area contributed by atoms with Crippen LogP contribution in [0.4, 0.5) is 0 Å². The van der Waals surface area contributed by atoms with Crippen molar-refractivity contribution in [2.24, 2.45) is 5.92 Å². The van der Waals surface area contributed by atoms with Gasteiger partial charge in [0.2, 0.25) is 0 Å². The molecule has 0 bridgehead atoms.